The summed E-state index contributed by atoms with van der Waals surface area (Å²) in [6.45, 7) is 18.6. The lowest BCUT2D eigenvalue weighted by Crippen LogP contribution is -2.46. The van der Waals surface area contributed by atoms with Crippen LogP contribution in [0.25, 0.3) is 0 Å². The SMILES string of the molecule is CCOC(C)C(C)C1(CC)C(C)=C(C)N=C(C)C1C. The van der Waals surface area contributed by atoms with Gasteiger partial charge < -0.3 is 4.74 Å². The van der Waals surface area contributed by atoms with E-state index in [2.05, 4.69) is 55.4 Å². The third kappa shape index (κ3) is 2.65. The van der Waals surface area contributed by atoms with Gasteiger partial charge in [-0.25, -0.2) is 0 Å². The zero-order chi connectivity index (χ0) is 14.8. The zero-order valence-corrected chi connectivity index (χ0v) is 14.0. The summed E-state index contributed by atoms with van der Waals surface area (Å²) in [4.78, 5) is 4.73. The van der Waals surface area contributed by atoms with Crippen LogP contribution in [-0.4, -0.2) is 18.4 Å². The Labute approximate surface area is 119 Å². The van der Waals surface area contributed by atoms with Gasteiger partial charge in [-0.1, -0.05) is 20.8 Å². The number of hydrogen-bond acceptors (Lipinski definition) is 2. The molecule has 1 rings (SSSR count). The minimum atomic E-state index is 0.185. The molecule has 2 nitrogen and oxygen atoms in total. The number of allylic oxidation sites excluding steroid dienone is 2. The van der Waals surface area contributed by atoms with E-state index in [9.17, 15) is 0 Å². The molecule has 0 bridgehead atoms. The fraction of sp³-hybridized carbons (Fsp3) is 0.824. The van der Waals surface area contributed by atoms with Crippen molar-refractivity contribution in [3.63, 3.8) is 0 Å². The Morgan fingerprint density at radius 2 is 1.79 bits per heavy atom. The van der Waals surface area contributed by atoms with Crippen molar-refractivity contribution in [1.29, 1.82) is 0 Å². The molecule has 0 saturated heterocycles. The quantitative estimate of drug-likeness (QED) is 0.696. The normalized spacial score (nSPS) is 31.2. The van der Waals surface area contributed by atoms with E-state index >= 15 is 0 Å². The monoisotopic (exact) mass is 265 g/mol. The standard InChI is InChI=1S/C17H31NO/c1-9-17(13(5)16(8)19-10-2)11(3)14(6)18-15(7)12(17)4/h11,13,16H,9-10H2,1-8H3. The number of aliphatic imine (C=N–C) groups is 1. The minimum Gasteiger partial charge on any atom is -0.378 e. The van der Waals surface area contributed by atoms with Crippen LogP contribution in [0.3, 0.4) is 0 Å². The fourth-order valence-electron chi connectivity index (χ4n) is 3.93. The molecule has 0 N–H and O–H groups in total. The minimum absolute atomic E-state index is 0.185. The zero-order valence-electron chi connectivity index (χ0n) is 14.0. The van der Waals surface area contributed by atoms with Gasteiger partial charge in [-0.3, -0.25) is 4.99 Å². The topological polar surface area (TPSA) is 21.6 Å². The second-order valence-corrected chi connectivity index (χ2v) is 6.03. The Balaban J connectivity index is 3.25. The van der Waals surface area contributed by atoms with E-state index in [1.165, 1.54) is 17.0 Å². The third-order valence-corrected chi connectivity index (χ3v) is 5.52. The lowest BCUT2D eigenvalue weighted by atomic mass is 9.58. The molecular formula is C17H31NO. The van der Waals surface area contributed by atoms with Crippen LogP contribution in [0.1, 0.15) is 61.8 Å². The lowest BCUT2D eigenvalue weighted by Gasteiger charge is -2.49. The first kappa shape index (κ1) is 16.4. The molecule has 0 aromatic heterocycles. The predicted octanol–water partition coefficient (Wildman–Crippen LogP) is 4.85. The Morgan fingerprint density at radius 3 is 2.26 bits per heavy atom. The number of hydrogen-bond donors (Lipinski definition) is 0. The second kappa shape index (κ2) is 6.21. The van der Waals surface area contributed by atoms with Crippen molar-refractivity contribution in [2.75, 3.05) is 6.61 Å². The van der Waals surface area contributed by atoms with E-state index < -0.39 is 0 Å². The highest BCUT2D eigenvalue weighted by molar-refractivity contribution is 5.87. The van der Waals surface area contributed by atoms with Crippen molar-refractivity contribution in [2.45, 2.75) is 67.9 Å². The highest BCUT2D eigenvalue weighted by Crippen LogP contribution is 2.51. The van der Waals surface area contributed by atoms with Crippen LogP contribution in [0.15, 0.2) is 16.3 Å². The molecule has 0 aromatic carbocycles. The first-order valence-corrected chi connectivity index (χ1v) is 7.67. The van der Waals surface area contributed by atoms with E-state index in [1.807, 2.05) is 0 Å². The van der Waals surface area contributed by atoms with Crippen LogP contribution in [0.5, 0.6) is 0 Å². The molecule has 0 amide bonds. The first-order valence-electron chi connectivity index (χ1n) is 7.67. The summed E-state index contributed by atoms with van der Waals surface area (Å²) in [5.41, 5.74) is 4.10. The van der Waals surface area contributed by atoms with E-state index in [4.69, 9.17) is 9.73 Å². The van der Waals surface area contributed by atoms with Crippen LogP contribution in [0.2, 0.25) is 0 Å². The third-order valence-electron chi connectivity index (χ3n) is 5.52. The van der Waals surface area contributed by atoms with Gasteiger partial charge in [-0.2, -0.15) is 0 Å². The van der Waals surface area contributed by atoms with Crippen LogP contribution in [-0.2, 0) is 4.74 Å². The molecule has 4 atom stereocenters. The van der Waals surface area contributed by atoms with Crippen molar-refractivity contribution in [3.05, 3.63) is 11.3 Å². The van der Waals surface area contributed by atoms with E-state index in [-0.39, 0.29) is 11.5 Å². The van der Waals surface area contributed by atoms with Crippen molar-refractivity contribution >= 4 is 5.71 Å². The average molecular weight is 265 g/mol. The van der Waals surface area contributed by atoms with Gasteiger partial charge in [0.2, 0.25) is 0 Å². The van der Waals surface area contributed by atoms with Gasteiger partial charge in [0, 0.05) is 29.3 Å². The average Bonchev–Trinajstić information content (AvgIpc) is 2.38. The molecule has 0 saturated carbocycles. The van der Waals surface area contributed by atoms with Gasteiger partial charge in [-0.15, -0.1) is 0 Å². The van der Waals surface area contributed by atoms with Crippen molar-refractivity contribution in [3.8, 4) is 0 Å². The Hall–Kier alpha value is -0.630. The number of ether oxygens (including phenoxy) is 1. The van der Waals surface area contributed by atoms with Crippen molar-refractivity contribution < 1.29 is 4.74 Å². The summed E-state index contributed by atoms with van der Waals surface area (Å²) in [5.74, 6) is 0.979. The molecule has 4 unspecified atom stereocenters. The summed E-state index contributed by atoms with van der Waals surface area (Å²) in [6, 6.07) is 0. The number of rotatable bonds is 5. The number of nitrogens with zero attached hydrogens (tertiary/aromatic N) is 1. The Morgan fingerprint density at radius 1 is 1.21 bits per heavy atom. The second-order valence-electron chi connectivity index (χ2n) is 6.03. The largest absolute Gasteiger partial charge is 0.378 e. The highest BCUT2D eigenvalue weighted by Gasteiger charge is 2.46. The van der Waals surface area contributed by atoms with Gasteiger partial charge >= 0.3 is 0 Å². The van der Waals surface area contributed by atoms with Crippen molar-refractivity contribution in [1.82, 2.24) is 0 Å². The molecule has 0 spiro atoms. The molecule has 110 valence electrons. The summed E-state index contributed by atoms with van der Waals surface area (Å²) >= 11 is 0. The maximum absolute atomic E-state index is 5.89. The van der Waals surface area contributed by atoms with Gasteiger partial charge in [0.1, 0.15) is 0 Å². The molecule has 0 aromatic rings. The maximum Gasteiger partial charge on any atom is 0.0580 e. The predicted molar refractivity (Wildman–Crippen MR) is 83.6 cm³/mol. The van der Waals surface area contributed by atoms with Crippen molar-refractivity contribution in [2.24, 2.45) is 22.2 Å². The van der Waals surface area contributed by atoms with Gasteiger partial charge in [0.15, 0.2) is 0 Å². The van der Waals surface area contributed by atoms with E-state index in [0.29, 0.717) is 11.8 Å². The molecule has 0 aliphatic carbocycles. The fourth-order valence-corrected chi connectivity index (χ4v) is 3.93. The van der Waals surface area contributed by atoms with Gasteiger partial charge in [0.05, 0.1) is 6.10 Å². The molecule has 2 heteroatoms. The first-order chi connectivity index (χ1) is 8.82. The van der Waals surface area contributed by atoms with Crippen LogP contribution in [0.4, 0.5) is 0 Å². The lowest BCUT2D eigenvalue weighted by molar-refractivity contribution is -0.0161. The van der Waals surface area contributed by atoms with Crippen LogP contribution < -0.4 is 0 Å². The summed E-state index contributed by atoms with van der Waals surface area (Å²) < 4.78 is 5.89. The van der Waals surface area contributed by atoms with Crippen LogP contribution >= 0.6 is 0 Å². The summed E-state index contributed by atoms with van der Waals surface area (Å²) in [7, 11) is 0. The molecule has 19 heavy (non-hydrogen) atoms. The maximum atomic E-state index is 5.89. The highest BCUT2D eigenvalue weighted by atomic mass is 16.5. The summed E-state index contributed by atoms with van der Waals surface area (Å²) in [6.07, 6.45) is 1.42. The Kier molecular flexibility index (Phi) is 5.37. The molecule has 1 aliphatic rings. The smallest absolute Gasteiger partial charge is 0.0580 e. The molecule has 0 radical (unpaired) electrons. The molecular weight excluding hydrogens is 234 g/mol. The summed E-state index contributed by atoms with van der Waals surface area (Å²) in [5, 5.41) is 0. The van der Waals surface area contributed by atoms with Crippen LogP contribution in [0, 0.1) is 17.3 Å². The van der Waals surface area contributed by atoms with Gasteiger partial charge in [0.25, 0.3) is 0 Å². The molecule has 1 aliphatic heterocycles. The molecule has 1 heterocycles. The van der Waals surface area contributed by atoms with E-state index in [1.54, 1.807) is 0 Å². The van der Waals surface area contributed by atoms with Gasteiger partial charge in [-0.05, 0) is 52.5 Å². The van der Waals surface area contributed by atoms with E-state index in [0.717, 1.165) is 13.0 Å². The Bertz CT molecular complexity index is 383. The molecule has 0 fully saturated rings.